The maximum Gasteiger partial charge on any atom is 0.337 e. The van der Waals surface area contributed by atoms with Gasteiger partial charge in [0.2, 0.25) is 0 Å². The van der Waals surface area contributed by atoms with E-state index in [1.54, 1.807) is 0 Å². The third-order valence-electron chi connectivity index (χ3n) is 2.06. The van der Waals surface area contributed by atoms with Crippen LogP contribution in [0.5, 0.6) is 0 Å². The molecule has 82 valence electrons. The Hall–Kier alpha value is -1.35. The van der Waals surface area contributed by atoms with E-state index in [0.717, 1.165) is 17.7 Å². The first kappa shape index (κ1) is 11.7. The zero-order valence-electron chi connectivity index (χ0n) is 9.70. The van der Waals surface area contributed by atoms with Gasteiger partial charge >= 0.3 is 5.97 Å². The van der Waals surface area contributed by atoms with Gasteiger partial charge in [-0.15, -0.1) is 0 Å². The van der Waals surface area contributed by atoms with Crippen molar-refractivity contribution < 1.29 is 9.53 Å². The molecule has 0 N–H and O–H groups in total. The number of carbonyl (C=O) groups excluding carboxylic acids is 1. The standard InChI is InChI=1S/C12H17NO2/c1-9-5-10(8-13(2)3)7-11(6-9)12(14)15-4/h5-7H,8H2,1-4H3. The molecule has 0 unspecified atom stereocenters. The molecule has 0 aliphatic heterocycles. The summed E-state index contributed by atoms with van der Waals surface area (Å²) in [6, 6.07) is 5.79. The highest BCUT2D eigenvalue weighted by atomic mass is 16.5. The Kier molecular flexibility index (Phi) is 3.86. The van der Waals surface area contributed by atoms with Crippen molar-refractivity contribution in [3.63, 3.8) is 0 Å². The van der Waals surface area contributed by atoms with Crippen LogP contribution in [-0.4, -0.2) is 32.1 Å². The van der Waals surface area contributed by atoms with E-state index in [4.69, 9.17) is 4.74 Å². The number of rotatable bonds is 3. The van der Waals surface area contributed by atoms with Gasteiger partial charge in [-0.2, -0.15) is 0 Å². The van der Waals surface area contributed by atoms with Crippen molar-refractivity contribution in [3.8, 4) is 0 Å². The summed E-state index contributed by atoms with van der Waals surface area (Å²) in [7, 11) is 5.40. The second-order valence-corrected chi connectivity index (χ2v) is 3.94. The van der Waals surface area contributed by atoms with E-state index in [2.05, 4.69) is 11.0 Å². The van der Waals surface area contributed by atoms with Gasteiger partial charge in [0.1, 0.15) is 0 Å². The molecule has 1 aromatic rings. The third kappa shape index (κ3) is 3.36. The van der Waals surface area contributed by atoms with Crippen molar-refractivity contribution in [1.29, 1.82) is 0 Å². The van der Waals surface area contributed by atoms with Crippen molar-refractivity contribution in [2.24, 2.45) is 0 Å². The number of benzene rings is 1. The van der Waals surface area contributed by atoms with Crippen LogP contribution in [0.25, 0.3) is 0 Å². The van der Waals surface area contributed by atoms with Crippen LogP contribution in [-0.2, 0) is 11.3 Å². The van der Waals surface area contributed by atoms with Crippen molar-refractivity contribution in [2.45, 2.75) is 13.5 Å². The summed E-state index contributed by atoms with van der Waals surface area (Å²) in [6.45, 7) is 2.80. The Morgan fingerprint density at radius 1 is 1.33 bits per heavy atom. The Labute approximate surface area is 90.7 Å². The fourth-order valence-corrected chi connectivity index (χ4v) is 1.55. The first-order valence-corrected chi connectivity index (χ1v) is 4.86. The molecule has 15 heavy (non-hydrogen) atoms. The minimum atomic E-state index is -0.279. The molecule has 0 aliphatic carbocycles. The summed E-state index contributed by atoms with van der Waals surface area (Å²) in [5.41, 5.74) is 2.82. The SMILES string of the molecule is COC(=O)c1cc(C)cc(CN(C)C)c1. The summed E-state index contributed by atoms with van der Waals surface area (Å²) < 4.78 is 4.70. The highest BCUT2D eigenvalue weighted by Gasteiger charge is 2.07. The lowest BCUT2D eigenvalue weighted by Gasteiger charge is -2.11. The van der Waals surface area contributed by atoms with E-state index < -0.39 is 0 Å². The molecular formula is C12H17NO2. The van der Waals surface area contributed by atoms with Crippen molar-refractivity contribution >= 4 is 5.97 Å². The number of hydrogen-bond acceptors (Lipinski definition) is 3. The van der Waals surface area contributed by atoms with E-state index in [0.29, 0.717) is 5.56 Å². The zero-order valence-corrected chi connectivity index (χ0v) is 9.70. The van der Waals surface area contributed by atoms with E-state index in [9.17, 15) is 4.79 Å². The van der Waals surface area contributed by atoms with Crippen LogP contribution in [0.1, 0.15) is 21.5 Å². The van der Waals surface area contributed by atoms with Crippen LogP contribution >= 0.6 is 0 Å². The van der Waals surface area contributed by atoms with E-state index in [1.165, 1.54) is 7.11 Å². The van der Waals surface area contributed by atoms with Crippen LogP contribution < -0.4 is 0 Å². The lowest BCUT2D eigenvalue weighted by molar-refractivity contribution is 0.0600. The molecule has 0 heterocycles. The molecule has 0 saturated heterocycles. The van der Waals surface area contributed by atoms with Gasteiger partial charge in [-0.3, -0.25) is 0 Å². The van der Waals surface area contributed by atoms with Gasteiger partial charge in [-0.05, 0) is 44.3 Å². The first-order valence-electron chi connectivity index (χ1n) is 4.86. The number of methoxy groups -OCH3 is 1. The van der Waals surface area contributed by atoms with Crippen molar-refractivity contribution in [2.75, 3.05) is 21.2 Å². The number of hydrogen-bond donors (Lipinski definition) is 0. The normalized spacial score (nSPS) is 10.5. The topological polar surface area (TPSA) is 29.5 Å². The number of carbonyl (C=O) groups is 1. The molecule has 0 saturated carbocycles. The van der Waals surface area contributed by atoms with Crippen molar-refractivity contribution in [1.82, 2.24) is 4.90 Å². The Morgan fingerprint density at radius 3 is 2.53 bits per heavy atom. The largest absolute Gasteiger partial charge is 0.465 e. The number of esters is 1. The van der Waals surface area contributed by atoms with Gasteiger partial charge in [-0.25, -0.2) is 4.79 Å². The lowest BCUT2D eigenvalue weighted by Crippen LogP contribution is -2.12. The maximum atomic E-state index is 11.4. The molecule has 0 aliphatic rings. The Bertz CT molecular complexity index is 359. The summed E-state index contributed by atoms with van der Waals surface area (Å²) >= 11 is 0. The maximum absolute atomic E-state index is 11.4. The molecule has 1 aromatic carbocycles. The van der Waals surface area contributed by atoms with E-state index in [-0.39, 0.29) is 5.97 Å². The average Bonchev–Trinajstić information content (AvgIpc) is 2.14. The summed E-state index contributed by atoms with van der Waals surface area (Å²) in [6.07, 6.45) is 0. The number of aryl methyl sites for hydroxylation is 1. The molecule has 0 bridgehead atoms. The first-order chi connectivity index (χ1) is 7.02. The van der Waals surface area contributed by atoms with E-state index in [1.807, 2.05) is 33.2 Å². The van der Waals surface area contributed by atoms with Crippen LogP contribution in [0.3, 0.4) is 0 Å². The number of ether oxygens (including phenoxy) is 1. The van der Waals surface area contributed by atoms with Crippen LogP contribution in [0, 0.1) is 6.92 Å². The van der Waals surface area contributed by atoms with Gasteiger partial charge in [0.25, 0.3) is 0 Å². The second-order valence-electron chi connectivity index (χ2n) is 3.94. The summed E-state index contributed by atoms with van der Waals surface area (Å²) in [5.74, 6) is -0.279. The highest BCUT2D eigenvalue weighted by molar-refractivity contribution is 5.89. The Morgan fingerprint density at radius 2 is 2.00 bits per heavy atom. The van der Waals surface area contributed by atoms with Crippen LogP contribution in [0.15, 0.2) is 18.2 Å². The molecule has 0 radical (unpaired) electrons. The molecular weight excluding hydrogens is 190 g/mol. The molecule has 0 spiro atoms. The quantitative estimate of drug-likeness (QED) is 0.708. The smallest absolute Gasteiger partial charge is 0.337 e. The summed E-state index contributed by atoms with van der Waals surface area (Å²) in [4.78, 5) is 13.4. The average molecular weight is 207 g/mol. The van der Waals surface area contributed by atoms with Gasteiger partial charge in [-0.1, -0.05) is 6.07 Å². The van der Waals surface area contributed by atoms with Crippen LogP contribution in [0.2, 0.25) is 0 Å². The Balaban J connectivity index is 2.99. The highest BCUT2D eigenvalue weighted by Crippen LogP contribution is 2.12. The minimum absolute atomic E-state index is 0.279. The predicted octanol–water partition coefficient (Wildman–Crippen LogP) is 1.84. The fourth-order valence-electron chi connectivity index (χ4n) is 1.55. The minimum Gasteiger partial charge on any atom is -0.465 e. The fraction of sp³-hybridized carbons (Fsp3) is 0.417. The zero-order chi connectivity index (χ0) is 11.4. The van der Waals surface area contributed by atoms with E-state index >= 15 is 0 Å². The molecule has 0 fully saturated rings. The van der Waals surface area contributed by atoms with Gasteiger partial charge < -0.3 is 9.64 Å². The summed E-state index contributed by atoms with van der Waals surface area (Å²) in [5, 5.41) is 0. The third-order valence-corrected chi connectivity index (χ3v) is 2.06. The molecule has 0 aromatic heterocycles. The molecule has 1 rings (SSSR count). The second kappa shape index (κ2) is 4.94. The lowest BCUT2D eigenvalue weighted by atomic mass is 10.1. The number of nitrogens with zero attached hydrogens (tertiary/aromatic N) is 1. The molecule has 0 amide bonds. The molecule has 3 heteroatoms. The van der Waals surface area contributed by atoms with Crippen LogP contribution in [0.4, 0.5) is 0 Å². The van der Waals surface area contributed by atoms with Gasteiger partial charge in [0.05, 0.1) is 12.7 Å². The van der Waals surface area contributed by atoms with Gasteiger partial charge in [0, 0.05) is 6.54 Å². The molecule has 0 atom stereocenters. The molecule has 3 nitrogen and oxygen atoms in total. The van der Waals surface area contributed by atoms with Gasteiger partial charge in [0.15, 0.2) is 0 Å². The predicted molar refractivity (Wildman–Crippen MR) is 59.9 cm³/mol. The van der Waals surface area contributed by atoms with Crippen molar-refractivity contribution in [3.05, 3.63) is 34.9 Å². The monoisotopic (exact) mass is 207 g/mol.